The highest BCUT2D eigenvalue weighted by Crippen LogP contribution is 2.53. The first kappa shape index (κ1) is 22.3. The van der Waals surface area contributed by atoms with Gasteiger partial charge in [-0.25, -0.2) is 18.7 Å². The van der Waals surface area contributed by atoms with Gasteiger partial charge in [0.1, 0.15) is 5.82 Å². The largest absolute Gasteiger partial charge is 0.340 e. The van der Waals surface area contributed by atoms with E-state index in [1.807, 2.05) is 48.7 Å². The van der Waals surface area contributed by atoms with Crippen LogP contribution in [0.3, 0.4) is 0 Å². The maximum Gasteiger partial charge on any atom is 0.250 e. The molecule has 9 heteroatoms. The standard InChI is InChI=1S/C27H24F2N6O/c1-26(15-27(28,29)16-26)25(36)35-13-19-3-2-18(10-20(19)14-35)24-30-9-8-23(34-24)33-22-6-4-17(5-7-22)21-11-31-32-12-21/h2-12H,13-16H2,1H3,(H,31,32)(H,30,33,34). The predicted molar refractivity (Wildman–Crippen MR) is 131 cm³/mol. The average molecular weight is 487 g/mol. The number of aromatic nitrogens is 4. The Morgan fingerprint density at radius 3 is 2.47 bits per heavy atom. The van der Waals surface area contributed by atoms with E-state index in [0.717, 1.165) is 33.5 Å². The summed E-state index contributed by atoms with van der Waals surface area (Å²) >= 11 is 0. The van der Waals surface area contributed by atoms with Gasteiger partial charge in [0, 0.05) is 55.1 Å². The van der Waals surface area contributed by atoms with Gasteiger partial charge in [0.15, 0.2) is 5.82 Å². The number of rotatable bonds is 5. The number of nitrogens with zero attached hydrogens (tertiary/aromatic N) is 4. The van der Waals surface area contributed by atoms with Gasteiger partial charge in [-0.2, -0.15) is 5.10 Å². The molecule has 2 N–H and O–H groups in total. The monoisotopic (exact) mass is 486 g/mol. The van der Waals surface area contributed by atoms with Crippen LogP contribution in [0.4, 0.5) is 20.3 Å². The van der Waals surface area contributed by atoms with Crippen molar-refractivity contribution in [3.63, 3.8) is 0 Å². The van der Waals surface area contributed by atoms with Gasteiger partial charge >= 0.3 is 0 Å². The smallest absolute Gasteiger partial charge is 0.250 e. The number of halogens is 2. The third-order valence-electron chi connectivity index (χ3n) is 6.93. The molecular weight excluding hydrogens is 462 g/mol. The van der Waals surface area contributed by atoms with Crippen molar-refractivity contribution in [2.24, 2.45) is 5.41 Å². The first-order valence-corrected chi connectivity index (χ1v) is 11.8. The zero-order valence-electron chi connectivity index (χ0n) is 19.6. The second-order valence-electron chi connectivity index (χ2n) is 9.87. The average Bonchev–Trinajstić information content (AvgIpc) is 3.53. The van der Waals surface area contributed by atoms with Crippen molar-refractivity contribution in [2.75, 3.05) is 5.32 Å². The number of carbonyl (C=O) groups is 1. The van der Waals surface area contributed by atoms with Crippen molar-refractivity contribution in [3.05, 3.63) is 78.2 Å². The summed E-state index contributed by atoms with van der Waals surface area (Å²) < 4.78 is 26.9. The fourth-order valence-corrected chi connectivity index (χ4v) is 5.17. The van der Waals surface area contributed by atoms with E-state index in [1.165, 1.54) is 0 Å². The molecule has 2 aliphatic rings. The molecule has 0 spiro atoms. The fraction of sp³-hybridized carbons (Fsp3) is 0.259. The second-order valence-corrected chi connectivity index (χ2v) is 9.87. The molecule has 4 aromatic rings. The number of nitrogens with one attached hydrogen (secondary N) is 2. The van der Waals surface area contributed by atoms with Gasteiger partial charge in [-0.05, 0) is 41.0 Å². The van der Waals surface area contributed by atoms with Gasteiger partial charge in [-0.1, -0.05) is 31.2 Å². The molecule has 2 aromatic carbocycles. The summed E-state index contributed by atoms with van der Waals surface area (Å²) in [5.74, 6) is -1.71. The number of anilines is 2. The summed E-state index contributed by atoms with van der Waals surface area (Å²) in [5, 5.41) is 10.1. The third kappa shape index (κ3) is 4.10. The molecule has 182 valence electrons. The zero-order chi connectivity index (χ0) is 24.9. The molecule has 6 rings (SSSR count). The molecule has 0 bridgehead atoms. The first-order valence-electron chi connectivity index (χ1n) is 11.8. The molecular formula is C27H24F2N6O. The summed E-state index contributed by atoms with van der Waals surface area (Å²) in [7, 11) is 0. The normalized spacial score (nSPS) is 17.4. The molecule has 3 heterocycles. The molecule has 1 aliphatic heterocycles. The summed E-state index contributed by atoms with van der Waals surface area (Å²) in [6, 6.07) is 15.7. The van der Waals surface area contributed by atoms with Crippen molar-refractivity contribution >= 4 is 17.4 Å². The zero-order valence-corrected chi connectivity index (χ0v) is 19.6. The summed E-state index contributed by atoms with van der Waals surface area (Å²) in [4.78, 5) is 23.7. The number of aromatic amines is 1. The Labute approximate surface area is 206 Å². The number of alkyl halides is 2. The van der Waals surface area contributed by atoms with Crippen LogP contribution in [0, 0.1) is 5.41 Å². The van der Waals surface area contributed by atoms with Crippen molar-refractivity contribution in [1.82, 2.24) is 25.1 Å². The number of H-pyrrole nitrogens is 1. The van der Waals surface area contributed by atoms with Crippen molar-refractivity contribution in [1.29, 1.82) is 0 Å². The van der Waals surface area contributed by atoms with Crippen LogP contribution < -0.4 is 5.32 Å². The number of hydrogen-bond donors (Lipinski definition) is 2. The minimum absolute atomic E-state index is 0.201. The second kappa shape index (κ2) is 8.22. The topological polar surface area (TPSA) is 86.8 Å². The van der Waals surface area contributed by atoms with Crippen LogP contribution >= 0.6 is 0 Å². The quantitative estimate of drug-likeness (QED) is 0.386. The lowest BCUT2D eigenvalue weighted by Gasteiger charge is -2.45. The Kier molecular flexibility index (Phi) is 5.10. The van der Waals surface area contributed by atoms with E-state index >= 15 is 0 Å². The summed E-state index contributed by atoms with van der Waals surface area (Å²) in [5.41, 5.74) is 4.84. The molecule has 1 aliphatic carbocycles. The van der Waals surface area contributed by atoms with Gasteiger partial charge in [-0.15, -0.1) is 0 Å². The van der Waals surface area contributed by atoms with Crippen LogP contribution in [-0.4, -0.2) is 36.9 Å². The number of benzene rings is 2. The molecule has 0 atom stereocenters. The van der Waals surface area contributed by atoms with Crippen LogP contribution in [-0.2, 0) is 17.9 Å². The number of hydrogen-bond acceptors (Lipinski definition) is 5. The Bertz CT molecular complexity index is 1430. The SMILES string of the molecule is CC1(C(=O)N2Cc3ccc(-c4nccc(Nc5ccc(-c6cn[nH]c6)cc5)n4)cc3C2)CC(F)(F)C1. The van der Waals surface area contributed by atoms with Crippen molar-refractivity contribution in [2.45, 2.75) is 38.8 Å². The summed E-state index contributed by atoms with van der Waals surface area (Å²) in [6.07, 6.45) is 4.56. The van der Waals surface area contributed by atoms with Crippen LogP contribution in [0.1, 0.15) is 30.9 Å². The molecule has 1 amide bonds. The van der Waals surface area contributed by atoms with Crippen LogP contribution in [0.25, 0.3) is 22.5 Å². The first-order chi connectivity index (χ1) is 17.3. The molecule has 7 nitrogen and oxygen atoms in total. The third-order valence-corrected chi connectivity index (χ3v) is 6.93. The number of amides is 1. The van der Waals surface area contributed by atoms with Crippen molar-refractivity contribution < 1.29 is 13.6 Å². The lowest BCUT2D eigenvalue weighted by molar-refractivity contribution is -0.183. The van der Waals surface area contributed by atoms with Crippen LogP contribution in [0.15, 0.2) is 67.1 Å². The Morgan fingerprint density at radius 1 is 1.00 bits per heavy atom. The van der Waals surface area contributed by atoms with Gasteiger partial charge in [-0.3, -0.25) is 9.89 Å². The molecule has 1 saturated carbocycles. The molecule has 36 heavy (non-hydrogen) atoms. The van der Waals surface area contributed by atoms with E-state index in [2.05, 4.69) is 25.5 Å². The van der Waals surface area contributed by atoms with Crippen LogP contribution in [0.5, 0.6) is 0 Å². The predicted octanol–water partition coefficient (Wildman–Crippen LogP) is 5.55. The summed E-state index contributed by atoms with van der Waals surface area (Å²) in [6.45, 7) is 2.48. The molecule has 0 saturated heterocycles. The van der Waals surface area contributed by atoms with E-state index < -0.39 is 11.3 Å². The Morgan fingerprint density at radius 2 is 1.75 bits per heavy atom. The van der Waals surface area contributed by atoms with E-state index in [0.29, 0.717) is 24.7 Å². The van der Waals surface area contributed by atoms with Crippen LogP contribution in [0.2, 0.25) is 0 Å². The Hall–Kier alpha value is -4.14. The number of fused-ring (bicyclic) bond motifs is 1. The highest BCUT2D eigenvalue weighted by atomic mass is 19.3. The lowest BCUT2D eigenvalue weighted by atomic mass is 9.66. The molecule has 1 fully saturated rings. The van der Waals surface area contributed by atoms with Gasteiger partial charge in [0.2, 0.25) is 11.8 Å². The van der Waals surface area contributed by atoms with E-state index in [-0.39, 0.29) is 18.7 Å². The highest BCUT2D eigenvalue weighted by Gasteiger charge is 2.59. The van der Waals surface area contributed by atoms with E-state index in [4.69, 9.17) is 0 Å². The molecule has 2 aromatic heterocycles. The minimum Gasteiger partial charge on any atom is -0.340 e. The van der Waals surface area contributed by atoms with Crippen molar-refractivity contribution in [3.8, 4) is 22.5 Å². The molecule has 0 unspecified atom stereocenters. The number of carbonyl (C=O) groups excluding carboxylic acids is 1. The van der Waals surface area contributed by atoms with Gasteiger partial charge in [0.25, 0.3) is 0 Å². The fourth-order valence-electron chi connectivity index (χ4n) is 5.17. The van der Waals surface area contributed by atoms with Gasteiger partial charge in [0.05, 0.1) is 11.6 Å². The highest BCUT2D eigenvalue weighted by molar-refractivity contribution is 5.84. The maximum absolute atomic E-state index is 13.4. The Balaban J connectivity index is 1.16. The van der Waals surface area contributed by atoms with E-state index in [1.54, 1.807) is 30.3 Å². The van der Waals surface area contributed by atoms with E-state index in [9.17, 15) is 13.6 Å². The lowest BCUT2D eigenvalue weighted by Crippen LogP contribution is -2.53. The molecule has 0 radical (unpaired) electrons. The maximum atomic E-state index is 13.4. The van der Waals surface area contributed by atoms with Gasteiger partial charge < -0.3 is 10.2 Å². The minimum atomic E-state index is -2.73.